The zero-order valence-corrected chi connectivity index (χ0v) is 26.4. The second kappa shape index (κ2) is 12.8. The molecule has 0 bridgehead atoms. The summed E-state index contributed by atoms with van der Waals surface area (Å²) in [5, 5.41) is 1.64. The molecular weight excluding hydrogens is 597 g/mol. The second-order valence-corrected chi connectivity index (χ2v) is 12.6. The number of anilines is 2. The monoisotopic (exact) mass is 633 g/mol. The summed E-state index contributed by atoms with van der Waals surface area (Å²) < 4.78 is 26.4. The molecule has 2 fully saturated rings. The van der Waals surface area contributed by atoms with E-state index in [1.807, 2.05) is 18.2 Å². The molecule has 236 valence electrons. The molecule has 0 aliphatic carbocycles. The predicted octanol–water partition coefficient (Wildman–Crippen LogP) is 4.06. The summed E-state index contributed by atoms with van der Waals surface area (Å²) in [4.78, 5) is 34.3. The summed E-state index contributed by atoms with van der Waals surface area (Å²) >= 11 is 6.50. The zero-order chi connectivity index (χ0) is 31.7. The number of likely N-dealkylation sites (tertiary alicyclic amines) is 1. The van der Waals surface area contributed by atoms with Gasteiger partial charge in [-0.25, -0.2) is 11.0 Å². The molecule has 0 unspecified atom stereocenters. The number of fused-ring (bicyclic) bond motifs is 2. The van der Waals surface area contributed by atoms with Crippen LogP contribution in [-0.4, -0.2) is 105 Å². The molecular formula is C33H37ClFN7O3. The van der Waals surface area contributed by atoms with Gasteiger partial charge in [0.1, 0.15) is 24.3 Å². The number of aromatic nitrogens is 2. The van der Waals surface area contributed by atoms with Gasteiger partial charge in [0.05, 0.1) is 29.3 Å². The Hall–Kier alpha value is -3.98. The smallest absolute Gasteiger partial charge is 0.318 e. The van der Waals surface area contributed by atoms with E-state index in [1.165, 1.54) is 12.1 Å². The van der Waals surface area contributed by atoms with Crippen LogP contribution in [0, 0.1) is 17.8 Å². The van der Waals surface area contributed by atoms with E-state index in [0.29, 0.717) is 57.7 Å². The number of amides is 1. The molecule has 1 aromatic heterocycles. The number of hydrogen-bond acceptors (Lipinski definition) is 8. The fourth-order valence-electron chi connectivity index (χ4n) is 7.04. The number of hydrogen-bond donors (Lipinski definition) is 0. The molecule has 0 saturated carbocycles. The zero-order valence-electron chi connectivity index (χ0n) is 25.6. The number of rotatable bonds is 9. The third-order valence-corrected chi connectivity index (χ3v) is 9.36. The van der Waals surface area contributed by atoms with E-state index >= 15 is 0 Å². The van der Waals surface area contributed by atoms with Crippen LogP contribution in [0.4, 0.5) is 15.9 Å². The van der Waals surface area contributed by atoms with E-state index in [9.17, 15) is 9.18 Å². The summed E-state index contributed by atoms with van der Waals surface area (Å²) in [6.07, 6.45) is 1.95. The van der Waals surface area contributed by atoms with Gasteiger partial charge in [-0.15, -0.1) is 0 Å². The fourth-order valence-corrected chi connectivity index (χ4v) is 7.31. The van der Waals surface area contributed by atoms with Crippen molar-refractivity contribution >= 4 is 39.8 Å². The lowest BCUT2D eigenvalue weighted by molar-refractivity contribution is -0.128. The van der Waals surface area contributed by atoms with Crippen LogP contribution in [0.5, 0.6) is 6.01 Å². The quantitative estimate of drug-likeness (QED) is 0.258. The Kier molecular flexibility index (Phi) is 8.82. The van der Waals surface area contributed by atoms with Crippen LogP contribution >= 0.6 is 11.6 Å². The van der Waals surface area contributed by atoms with E-state index in [4.69, 9.17) is 37.6 Å². The van der Waals surface area contributed by atoms with Crippen molar-refractivity contribution < 1.29 is 18.7 Å². The van der Waals surface area contributed by atoms with Crippen molar-refractivity contribution in [2.24, 2.45) is 5.41 Å². The Bertz CT molecular complexity index is 1650. The topological polar surface area (TPSA) is 78.6 Å². The molecule has 3 aliphatic heterocycles. The number of methoxy groups -OCH3 is 1. The van der Waals surface area contributed by atoms with Crippen molar-refractivity contribution in [3.8, 4) is 6.01 Å². The third kappa shape index (κ3) is 6.02. The lowest BCUT2D eigenvalue weighted by Gasteiger charge is -2.47. The molecule has 45 heavy (non-hydrogen) atoms. The van der Waals surface area contributed by atoms with Gasteiger partial charge in [0.2, 0.25) is 12.5 Å². The lowest BCUT2D eigenvalue weighted by Crippen LogP contribution is -2.59. The minimum atomic E-state index is -0.455. The standard InChI is InChI=1S/C33H37ClFN7O3/c1-5-28(43)42-14-13-41(16-23(42)15-36-2)31-24-11-12-40(27-8-6-7-22-9-10-25(35)30(34)29(22)27)17-26(24)37-32(38-31)45-21-33(20-44-4)18-39(3)19-33/h5-10,23H,1,11-21H2,3-4H3/t23-/m0/s1. The van der Waals surface area contributed by atoms with Crippen LogP contribution in [-0.2, 0) is 22.5 Å². The van der Waals surface area contributed by atoms with Gasteiger partial charge in [-0.05, 0) is 37.1 Å². The van der Waals surface area contributed by atoms with Gasteiger partial charge < -0.3 is 33.9 Å². The summed E-state index contributed by atoms with van der Waals surface area (Å²) in [5.41, 5.74) is 2.53. The molecule has 2 saturated heterocycles. The first kappa shape index (κ1) is 31.0. The molecule has 3 aliphatic rings. The average molecular weight is 634 g/mol. The maximum Gasteiger partial charge on any atom is 0.318 e. The van der Waals surface area contributed by atoms with Crippen molar-refractivity contribution in [2.75, 3.05) is 83.0 Å². The maximum atomic E-state index is 14.6. The highest BCUT2D eigenvalue weighted by atomic mass is 35.5. The molecule has 4 heterocycles. The predicted molar refractivity (Wildman–Crippen MR) is 172 cm³/mol. The van der Waals surface area contributed by atoms with E-state index < -0.39 is 5.82 Å². The van der Waals surface area contributed by atoms with Crippen molar-refractivity contribution in [2.45, 2.75) is 19.0 Å². The van der Waals surface area contributed by atoms with Gasteiger partial charge in [0.15, 0.2) is 0 Å². The van der Waals surface area contributed by atoms with E-state index in [0.717, 1.165) is 41.2 Å². The number of ether oxygens (including phenoxy) is 2. The number of halogens is 2. The number of benzene rings is 2. The molecule has 10 nitrogen and oxygen atoms in total. The molecule has 3 aromatic rings. The Balaban J connectivity index is 1.35. The Morgan fingerprint density at radius 3 is 2.76 bits per heavy atom. The normalized spacial score (nSPS) is 19.5. The Morgan fingerprint density at radius 2 is 2.02 bits per heavy atom. The van der Waals surface area contributed by atoms with Crippen LogP contribution in [0.15, 0.2) is 43.0 Å². The van der Waals surface area contributed by atoms with Gasteiger partial charge in [-0.3, -0.25) is 4.79 Å². The first-order valence-corrected chi connectivity index (χ1v) is 15.5. The van der Waals surface area contributed by atoms with Crippen molar-refractivity contribution in [1.29, 1.82) is 0 Å². The summed E-state index contributed by atoms with van der Waals surface area (Å²) in [6.45, 7) is 16.6. The summed E-state index contributed by atoms with van der Waals surface area (Å²) in [6, 6.07) is 8.97. The van der Waals surface area contributed by atoms with E-state index in [-0.39, 0.29) is 34.9 Å². The number of piperazine rings is 1. The van der Waals surface area contributed by atoms with Crippen LogP contribution in [0.3, 0.4) is 0 Å². The van der Waals surface area contributed by atoms with Crippen LogP contribution in [0.25, 0.3) is 15.6 Å². The Labute approximate surface area is 267 Å². The number of carbonyl (C=O) groups is 1. The average Bonchev–Trinajstić information content (AvgIpc) is 3.03. The van der Waals surface area contributed by atoms with Gasteiger partial charge >= 0.3 is 6.01 Å². The highest BCUT2D eigenvalue weighted by Gasteiger charge is 2.42. The van der Waals surface area contributed by atoms with E-state index in [2.05, 4.69) is 33.2 Å². The molecule has 12 heteroatoms. The molecule has 0 spiro atoms. The minimum absolute atomic E-state index is 0.105. The van der Waals surface area contributed by atoms with Crippen molar-refractivity contribution in [3.63, 3.8) is 0 Å². The second-order valence-electron chi connectivity index (χ2n) is 12.2. The van der Waals surface area contributed by atoms with Crippen LogP contribution in [0.1, 0.15) is 11.3 Å². The van der Waals surface area contributed by atoms with Gasteiger partial charge in [-0.2, -0.15) is 9.97 Å². The first-order valence-electron chi connectivity index (χ1n) is 15.1. The lowest BCUT2D eigenvalue weighted by atomic mass is 9.82. The van der Waals surface area contributed by atoms with Crippen molar-refractivity contribution in [1.82, 2.24) is 19.8 Å². The molecule has 0 N–H and O–H groups in total. The highest BCUT2D eigenvalue weighted by molar-refractivity contribution is 6.36. The number of nitrogens with zero attached hydrogens (tertiary/aromatic N) is 7. The fraction of sp³-hybridized carbons (Fsp3) is 0.455. The first-order chi connectivity index (χ1) is 21.8. The van der Waals surface area contributed by atoms with Gasteiger partial charge in [0, 0.05) is 63.0 Å². The van der Waals surface area contributed by atoms with Crippen LogP contribution in [0.2, 0.25) is 5.02 Å². The summed E-state index contributed by atoms with van der Waals surface area (Å²) in [5.74, 6) is 0.139. The largest absolute Gasteiger partial charge is 0.463 e. The number of carbonyl (C=O) groups excluding carboxylic acids is 1. The molecule has 0 radical (unpaired) electrons. The molecule has 6 rings (SSSR count). The molecule has 1 atom stereocenters. The molecule has 1 amide bonds. The van der Waals surface area contributed by atoms with Gasteiger partial charge in [-0.1, -0.05) is 36.4 Å². The Morgan fingerprint density at radius 1 is 1.20 bits per heavy atom. The van der Waals surface area contributed by atoms with Gasteiger partial charge in [0.25, 0.3) is 0 Å². The molecule has 2 aromatic carbocycles. The van der Waals surface area contributed by atoms with E-state index in [1.54, 1.807) is 18.1 Å². The highest BCUT2D eigenvalue weighted by Crippen LogP contribution is 2.38. The van der Waals surface area contributed by atoms with Crippen LogP contribution < -0.4 is 14.5 Å². The van der Waals surface area contributed by atoms with Crippen molar-refractivity contribution in [3.05, 3.63) is 76.5 Å². The SMILES string of the molecule is [C-]#[N+]C[C@H]1CN(c2nc(OCC3(COC)CN(C)C3)nc3c2CCN(c2cccc4ccc(F)c(Cl)c24)C3)CCN1C(=O)C=C. The summed E-state index contributed by atoms with van der Waals surface area (Å²) in [7, 11) is 3.77. The minimum Gasteiger partial charge on any atom is -0.463 e. The third-order valence-electron chi connectivity index (χ3n) is 8.99. The maximum absolute atomic E-state index is 14.6.